The predicted octanol–water partition coefficient (Wildman–Crippen LogP) is 2.15. The first-order valence-electron chi connectivity index (χ1n) is 7.99. The molecule has 0 amide bonds. The highest BCUT2D eigenvalue weighted by molar-refractivity contribution is 5.84. The van der Waals surface area contributed by atoms with Crippen LogP contribution in [0.2, 0.25) is 0 Å². The van der Waals surface area contributed by atoms with Gasteiger partial charge in [0.15, 0.2) is 0 Å². The van der Waals surface area contributed by atoms with Crippen molar-refractivity contribution < 1.29 is 19.1 Å². The van der Waals surface area contributed by atoms with Crippen molar-refractivity contribution >= 4 is 11.9 Å². The van der Waals surface area contributed by atoms with E-state index in [2.05, 4.69) is 5.92 Å². The van der Waals surface area contributed by atoms with Gasteiger partial charge in [-0.25, -0.2) is 0 Å². The Labute approximate surface area is 142 Å². The van der Waals surface area contributed by atoms with Crippen molar-refractivity contribution in [3.05, 3.63) is 35.9 Å². The van der Waals surface area contributed by atoms with E-state index in [0.717, 1.165) is 5.56 Å². The zero-order valence-corrected chi connectivity index (χ0v) is 14.2. The summed E-state index contributed by atoms with van der Waals surface area (Å²) in [7, 11) is 2.71. The molecule has 2 rings (SSSR count). The Kier molecular flexibility index (Phi) is 5.99. The maximum atomic E-state index is 12.6. The molecule has 1 aromatic rings. The molecule has 0 unspecified atom stereocenters. The number of esters is 2. The summed E-state index contributed by atoms with van der Waals surface area (Å²) in [5, 5.41) is 0. The largest absolute Gasteiger partial charge is 0.468 e. The van der Waals surface area contributed by atoms with Crippen molar-refractivity contribution in [2.24, 2.45) is 0 Å². The lowest BCUT2D eigenvalue weighted by molar-refractivity contribution is -0.168. The van der Waals surface area contributed by atoms with Crippen LogP contribution in [-0.2, 0) is 25.6 Å². The molecule has 1 heterocycles. The summed E-state index contributed by atoms with van der Waals surface area (Å²) in [5.74, 6) is 1.84. The maximum Gasteiger partial charge on any atom is 0.327 e. The number of piperidine rings is 1. The number of carbonyl (C=O) groups is 2. The second-order valence-corrected chi connectivity index (χ2v) is 5.95. The fourth-order valence-corrected chi connectivity index (χ4v) is 3.45. The monoisotopic (exact) mass is 329 g/mol. The maximum absolute atomic E-state index is 12.6. The number of nitrogens with zero attached hydrogens (tertiary/aromatic N) is 1. The number of hydrogen-bond acceptors (Lipinski definition) is 5. The van der Waals surface area contributed by atoms with E-state index in [4.69, 9.17) is 15.9 Å². The van der Waals surface area contributed by atoms with Crippen molar-refractivity contribution in [1.29, 1.82) is 0 Å². The Morgan fingerprint density at radius 2 is 2.00 bits per heavy atom. The van der Waals surface area contributed by atoms with Crippen LogP contribution in [0.3, 0.4) is 0 Å². The number of rotatable bonds is 5. The van der Waals surface area contributed by atoms with E-state index in [9.17, 15) is 9.59 Å². The quantitative estimate of drug-likeness (QED) is 0.612. The molecule has 5 nitrogen and oxygen atoms in total. The van der Waals surface area contributed by atoms with Crippen molar-refractivity contribution in [2.75, 3.05) is 14.2 Å². The molecule has 0 N–H and O–H groups in total. The lowest BCUT2D eigenvalue weighted by atomic mass is 9.80. The first-order chi connectivity index (χ1) is 11.6. The van der Waals surface area contributed by atoms with E-state index in [0.29, 0.717) is 25.8 Å². The molecule has 2 atom stereocenters. The minimum absolute atomic E-state index is 0.194. The summed E-state index contributed by atoms with van der Waals surface area (Å²) >= 11 is 0. The lowest BCUT2D eigenvalue weighted by Gasteiger charge is -2.47. The molecule has 128 valence electrons. The lowest BCUT2D eigenvalue weighted by Crippen LogP contribution is -2.62. The number of terminal acetylenes is 1. The first-order valence-corrected chi connectivity index (χ1v) is 7.99. The van der Waals surface area contributed by atoms with Crippen molar-refractivity contribution in [3.63, 3.8) is 0 Å². The van der Waals surface area contributed by atoms with Gasteiger partial charge in [-0.1, -0.05) is 30.3 Å². The summed E-state index contributed by atoms with van der Waals surface area (Å²) in [6, 6.07) is 9.17. The zero-order chi connectivity index (χ0) is 17.6. The van der Waals surface area contributed by atoms with Gasteiger partial charge in [-0.15, -0.1) is 12.3 Å². The minimum Gasteiger partial charge on any atom is -0.468 e. The van der Waals surface area contributed by atoms with Gasteiger partial charge in [-0.05, 0) is 24.8 Å². The Bertz CT molecular complexity index is 622. The Morgan fingerprint density at radius 1 is 1.29 bits per heavy atom. The van der Waals surface area contributed by atoms with Crippen LogP contribution in [0.1, 0.15) is 31.2 Å². The third-order valence-electron chi connectivity index (χ3n) is 4.62. The molecule has 0 aliphatic carbocycles. The van der Waals surface area contributed by atoms with Crippen molar-refractivity contribution in [3.8, 4) is 12.3 Å². The molecule has 0 bridgehead atoms. The third kappa shape index (κ3) is 3.44. The van der Waals surface area contributed by atoms with Gasteiger partial charge in [0.05, 0.1) is 14.2 Å². The van der Waals surface area contributed by atoms with E-state index in [-0.39, 0.29) is 12.4 Å². The molecular weight excluding hydrogens is 306 g/mol. The zero-order valence-electron chi connectivity index (χ0n) is 14.2. The second kappa shape index (κ2) is 7.98. The third-order valence-corrected chi connectivity index (χ3v) is 4.62. The normalized spacial score (nSPS) is 24.0. The van der Waals surface area contributed by atoms with E-state index in [1.165, 1.54) is 14.2 Å². The van der Waals surface area contributed by atoms with Crippen molar-refractivity contribution in [1.82, 2.24) is 4.90 Å². The highest BCUT2D eigenvalue weighted by atomic mass is 16.5. The van der Waals surface area contributed by atoms with E-state index >= 15 is 0 Å². The average Bonchev–Trinajstić information content (AvgIpc) is 2.62. The number of carbonyl (C=O) groups excluding carboxylic acids is 2. The van der Waals surface area contributed by atoms with Gasteiger partial charge in [0.1, 0.15) is 11.6 Å². The van der Waals surface area contributed by atoms with Crippen LogP contribution in [0.5, 0.6) is 0 Å². The van der Waals surface area contributed by atoms with E-state index < -0.39 is 17.6 Å². The highest BCUT2D eigenvalue weighted by Gasteiger charge is 2.51. The van der Waals surface area contributed by atoms with E-state index in [1.54, 1.807) is 0 Å². The second-order valence-electron chi connectivity index (χ2n) is 5.95. The van der Waals surface area contributed by atoms with Gasteiger partial charge in [-0.3, -0.25) is 14.5 Å². The van der Waals surface area contributed by atoms with Gasteiger partial charge >= 0.3 is 11.9 Å². The van der Waals surface area contributed by atoms with Crippen molar-refractivity contribution in [2.45, 2.75) is 43.8 Å². The average molecular weight is 329 g/mol. The van der Waals surface area contributed by atoms with Crippen LogP contribution < -0.4 is 0 Å². The van der Waals surface area contributed by atoms with Gasteiger partial charge in [0, 0.05) is 13.0 Å². The molecule has 1 aromatic carbocycles. The molecular formula is C19H23NO4. The molecule has 1 saturated heterocycles. The van der Waals surface area contributed by atoms with Crippen LogP contribution >= 0.6 is 0 Å². The molecule has 5 heteroatoms. The predicted molar refractivity (Wildman–Crippen MR) is 89.8 cm³/mol. The molecule has 24 heavy (non-hydrogen) atoms. The topological polar surface area (TPSA) is 55.8 Å². The summed E-state index contributed by atoms with van der Waals surface area (Å²) in [4.78, 5) is 26.8. The smallest absolute Gasteiger partial charge is 0.327 e. The Balaban J connectivity index is 2.46. The van der Waals surface area contributed by atoms with Gasteiger partial charge in [-0.2, -0.15) is 0 Å². The molecule has 0 spiro atoms. The molecule has 1 aliphatic heterocycles. The summed E-state index contributed by atoms with van der Waals surface area (Å²) in [6.07, 6.45) is 7.64. The standard InChI is InChI=1S/C19H23NO4/c1-4-12-19(18(22)24-3)13-8-11-16(17(21)23-2)20(19)14-15-9-6-5-7-10-15/h1,5-7,9-10,16H,8,11-14H2,2-3H3/t16-,19+/m1/s1. The number of hydrogen-bond donors (Lipinski definition) is 0. The van der Waals surface area contributed by atoms with Gasteiger partial charge in [0.2, 0.25) is 0 Å². The SMILES string of the molecule is C#CC[C@@]1(C(=O)OC)CCC[C@H](C(=O)OC)N1Cc1ccccc1. The van der Waals surface area contributed by atoms with Crippen LogP contribution in [0.15, 0.2) is 30.3 Å². The van der Waals surface area contributed by atoms with E-state index in [1.807, 2.05) is 35.2 Å². The number of likely N-dealkylation sites (tertiary alicyclic amines) is 1. The van der Waals surface area contributed by atoms with Crippen LogP contribution in [-0.4, -0.2) is 42.6 Å². The highest BCUT2D eigenvalue weighted by Crippen LogP contribution is 2.37. The summed E-state index contributed by atoms with van der Waals surface area (Å²) < 4.78 is 10.0. The molecule has 1 fully saturated rings. The van der Waals surface area contributed by atoms with Gasteiger partial charge < -0.3 is 9.47 Å². The summed E-state index contributed by atoms with van der Waals surface area (Å²) in [6.45, 7) is 0.428. The first kappa shape index (κ1) is 18.0. The Morgan fingerprint density at radius 3 is 2.58 bits per heavy atom. The van der Waals surface area contributed by atoms with Crippen LogP contribution in [0.4, 0.5) is 0 Å². The van der Waals surface area contributed by atoms with Crippen LogP contribution in [0, 0.1) is 12.3 Å². The number of ether oxygens (including phenoxy) is 2. The van der Waals surface area contributed by atoms with Gasteiger partial charge in [0.25, 0.3) is 0 Å². The number of methoxy groups -OCH3 is 2. The minimum atomic E-state index is -1.00. The fourth-order valence-electron chi connectivity index (χ4n) is 3.45. The van der Waals surface area contributed by atoms with Crippen LogP contribution in [0.25, 0.3) is 0 Å². The number of benzene rings is 1. The molecule has 0 radical (unpaired) electrons. The fraction of sp³-hybridized carbons (Fsp3) is 0.474. The molecule has 0 saturated carbocycles. The summed E-state index contributed by atoms with van der Waals surface area (Å²) in [5.41, 5.74) is -0.00482. The Hall–Kier alpha value is -2.32. The molecule has 1 aliphatic rings. The molecule has 0 aromatic heterocycles.